The van der Waals surface area contributed by atoms with Crippen molar-refractivity contribution in [3.05, 3.63) is 29.8 Å². The Morgan fingerprint density at radius 2 is 1.80 bits per heavy atom. The fraction of sp³-hybridized carbons (Fsp3) is 0.611. The Morgan fingerprint density at radius 3 is 2.30 bits per heavy atom. The van der Waals surface area contributed by atoms with Crippen molar-refractivity contribution in [1.82, 2.24) is 0 Å². The van der Waals surface area contributed by atoms with Crippen LogP contribution in [0.5, 0.6) is 5.75 Å². The van der Waals surface area contributed by atoms with Crippen molar-refractivity contribution >= 4 is 5.78 Å². The fourth-order valence-corrected chi connectivity index (χ4v) is 3.71. The average molecular weight is 274 g/mol. The van der Waals surface area contributed by atoms with Crippen molar-refractivity contribution < 1.29 is 9.90 Å². The number of carbonyl (C=O) groups excluding carboxylic acids is 1. The standard InChI is InChI=1S/C18H26O2/c1-4-13(2)18(3,14-5-9-16(19)10-6-14)15-7-11-17(20)12-8-15/h5-6,9-10,13,15,19H,4,7-8,11-12H2,1-3H3. The molecular weight excluding hydrogens is 248 g/mol. The molecule has 20 heavy (non-hydrogen) atoms. The van der Waals surface area contributed by atoms with E-state index in [-0.39, 0.29) is 5.41 Å². The van der Waals surface area contributed by atoms with Crippen LogP contribution >= 0.6 is 0 Å². The predicted molar refractivity (Wildman–Crippen MR) is 81.9 cm³/mol. The van der Waals surface area contributed by atoms with E-state index in [1.165, 1.54) is 5.56 Å². The van der Waals surface area contributed by atoms with Crippen LogP contribution in [0.2, 0.25) is 0 Å². The molecule has 1 aromatic carbocycles. The Labute approximate surface area is 122 Å². The summed E-state index contributed by atoms with van der Waals surface area (Å²) in [5.41, 5.74) is 1.38. The van der Waals surface area contributed by atoms with Gasteiger partial charge in [0.15, 0.2) is 0 Å². The first kappa shape index (κ1) is 15.1. The molecule has 1 aliphatic rings. The van der Waals surface area contributed by atoms with Gasteiger partial charge in [-0.2, -0.15) is 0 Å². The third-order valence-electron chi connectivity index (χ3n) is 5.52. The number of carbonyl (C=O) groups is 1. The zero-order valence-corrected chi connectivity index (χ0v) is 12.9. The van der Waals surface area contributed by atoms with E-state index < -0.39 is 0 Å². The summed E-state index contributed by atoms with van der Waals surface area (Å²) >= 11 is 0. The lowest BCUT2D eigenvalue weighted by atomic mass is 9.59. The molecule has 0 spiro atoms. The summed E-state index contributed by atoms with van der Waals surface area (Å²) in [6.07, 6.45) is 4.59. The Hall–Kier alpha value is -1.31. The Bertz CT molecular complexity index is 453. The lowest BCUT2D eigenvalue weighted by Crippen LogP contribution is -2.40. The molecule has 2 heteroatoms. The van der Waals surface area contributed by atoms with Gasteiger partial charge in [-0.25, -0.2) is 0 Å². The highest BCUT2D eigenvalue weighted by Crippen LogP contribution is 2.46. The van der Waals surface area contributed by atoms with Gasteiger partial charge in [-0.15, -0.1) is 0 Å². The number of Topliss-reactive ketones (excluding diaryl/α,β-unsaturated/α-hetero) is 1. The molecule has 0 saturated heterocycles. The third-order valence-corrected chi connectivity index (χ3v) is 5.52. The maximum absolute atomic E-state index is 11.5. The first-order valence-corrected chi connectivity index (χ1v) is 7.79. The first-order valence-electron chi connectivity index (χ1n) is 7.79. The van der Waals surface area contributed by atoms with Crippen LogP contribution in [0, 0.1) is 11.8 Å². The summed E-state index contributed by atoms with van der Waals surface area (Å²) in [7, 11) is 0. The second kappa shape index (κ2) is 5.99. The molecule has 2 rings (SSSR count). The summed E-state index contributed by atoms with van der Waals surface area (Å²) in [6, 6.07) is 7.67. The number of aromatic hydroxyl groups is 1. The van der Waals surface area contributed by atoms with E-state index in [4.69, 9.17) is 0 Å². The van der Waals surface area contributed by atoms with E-state index in [0.717, 1.165) is 32.1 Å². The van der Waals surface area contributed by atoms with Crippen LogP contribution in [0.15, 0.2) is 24.3 Å². The first-order chi connectivity index (χ1) is 9.48. The van der Waals surface area contributed by atoms with Gasteiger partial charge >= 0.3 is 0 Å². The van der Waals surface area contributed by atoms with Gasteiger partial charge in [-0.05, 0) is 47.8 Å². The van der Waals surface area contributed by atoms with Crippen molar-refractivity contribution in [2.75, 3.05) is 0 Å². The zero-order valence-electron chi connectivity index (χ0n) is 12.9. The highest BCUT2D eigenvalue weighted by atomic mass is 16.3. The molecule has 0 amide bonds. The number of phenols is 1. The van der Waals surface area contributed by atoms with Gasteiger partial charge in [0.05, 0.1) is 0 Å². The molecule has 0 aromatic heterocycles. The summed E-state index contributed by atoms with van der Waals surface area (Å²) in [5.74, 6) is 1.85. The van der Waals surface area contributed by atoms with E-state index in [9.17, 15) is 9.90 Å². The van der Waals surface area contributed by atoms with Crippen LogP contribution in [0.1, 0.15) is 58.4 Å². The molecule has 2 nitrogen and oxygen atoms in total. The van der Waals surface area contributed by atoms with Crippen LogP contribution in [0.3, 0.4) is 0 Å². The normalized spacial score (nSPS) is 21.4. The minimum atomic E-state index is 0.0865. The summed E-state index contributed by atoms with van der Waals surface area (Å²) < 4.78 is 0. The lowest BCUT2D eigenvalue weighted by molar-refractivity contribution is -0.121. The van der Waals surface area contributed by atoms with Gasteiger partial charge in [0.2, 0.25) is 0 Å². The number of ketones is 1. The number of hydrogen-bond acceptors (Lipinski definition) is 2. The van der Waals surface area contributed by atoms with Crippen molar-refractivity contribution in [2.45, 2.75) is 58.3 Å². The summed E-state index contributed by atoms with van der Waals surface area (Å²) in [4.78, 5) is 11.5. The van der Waals surface area contributed by atoms with Crippen LogP contribution in [-0.4, -0.2) is 10.9 Å². The van der Waals surface area contributed by atoms with Gasteiger partial charge in [0.25, 0.3) is 0 Å². The molecule has 1 aromatic rings. The highest BCUT2D eigenvalue weighted by molar-refractivity contribution is 5.79. The molecule has 0 aliphatic heterocycles. The summed E-state index contributed by atoms with van der Waals surface area (Å²) in [5, 5.41) is 9.52. The molecule has 0 bridgehead atoms. The van der Waals surface area contributed by atoms with Gasteiger partial charge in [-0.3, -0.25) is 4.79 Å². The number of rotatable bonds is 4. The quantitative estimate of drug-likeness (QED) is 0.880. The maximum atomic E-state index is 11.5. The molecule has 0 heterocycles. The molecule has 2 unspecified atom stereocenters. The minimum Gasteiger partial charge on any atom is -0.508 e. The number of phenolic OH excluding ortho intramolecular Hbond substituents is 1. The Morgan fingerprint density at radius 1 is 1.25 bits per heavy atom. The maximum Gasteiger partial charge on any atom is 0.132 e. The SMILES string of the molecule is CCC(C)C(C)(c1ccc(O)cc1)C1CCC(=O)CC1. The van der Waals surface area contributed by atoms with Crippen LogP contribution < -0.4 is 0 Å². The third kappa shape index (κ3) is 2.74. The van der Waals surface area contributed by atoms with E-state index in [2.05, 4.69) is 32.9 Å². The van der Waals surface area contributed by atoms with E-state index in [0.29, 0.717) is 23.4 Å². The monoisotopic (exact) mass is 274 g/mol. The molecule has 1 saturated carbocycles. The van der Waals surface area contributed by atoms with E-state index in [1.807, 2.05) is 0 Å². The van der Waals surface area contributed by atoms with Crippen molar-refractivity contribution in [1.29, 1.82) is 0 Å². The van der Waals surface area contributed by atoms with Crippen molar-refractivity contribution in [3.8, 4) is 5.75 Å². The lowest BCUT2D eigenvalue weighted by Gasteiger charge is -2.44. The number of benzene rings is 1. The van der Waals surface area contributed by atoms with Crippen LogP contribution in [0.25, 0.3) is 0 Å². The molecule has 1 aliphatic carbocycles. The molecule has 0 radical (unpaired) electrons. The van der Waals surface area contributed by atoms with Crippen molar-refractivity contribution in [2.24, 2.45) is 11.8 Å². The fourth-order valence-electron chi connectivity index (χ4n) is 3.71. The Kier molecular flexibility index (Phi) is 4.52. The number of hydrogen-bond donors (Lipinski definition) is 1. The van der Waals surface area contributed by atoms with Gasteiger partial charge in [0, 0.05) is 12.8 Å². The van der Waals surface area contributed by atoms with E-state index >= 15 is 0 Å². The topological polar surface area (TPSA) is 37.3 Å². The zero-order chi connectivity index (χ0) is 14.8. The van der Waals surface area contributed by atoms with Gasteiger partial charge in [0.1, 0.15) is 11.5 Å². The van der Waals surface area contributed by atoms with Crippen LogP contribution in [0.4, 0.5) is 0 Å². The van der Waals surface area contributed by atoms with Gasteiger partial charge in [-0.1, -0.05) is 39.3 Å². The second-order valence-corrected chi connectivity index (χ2v) is 6.45. The van der Waals surface area contributed by atoms with E-state index in [1.54, 1.807) is 12.1 Å². The van der Waals surface area contributed by atoms with Crippen molar-refractivity contribution in [3.63, 3.8) is 0 Å². The molecular formula is C18H26O2. The Balaban J connectivity index is 2.34. The van der Waals surface area contributed by atoms with Crippen LogP contribution in [-0.2, 0) is 10.2 Å². The minimum absolute atomic E-state index is 0.0865. The predicted octanol–water partition coefficient (Wildman–Crippen LogP) is 4.46. The average Bonchev–Trinajstić information content (AvgIpc) is 2.47. The summed E-state index contributed by atoms with van der Waals surface area (Å²) in [6.45, 7) is 6.88. The molecule has 1 N–H and O–H groups in total. The molecule has 1 fully saturated rings. The largest absolute Gasteiger partial charge is 0.508 e. The molecule has 110 valence electrons. The van der Waals surface area contributed by atoms with Gasteiger partial charge < -0.3 is 5.11 Å². The second-order valence-electron chi connectivity index (χ2n) is 6.45. The highest BCUT2D eigenvalue weighted by Gasteiger charge is 2.41. The molecule has 2 atom stereocenters. The smallest absolute Gasteiger partial charge is 0.132 e.